The minimum Gasteiger partial charge on any atom is -0.480 e. The monoisotopic (exact) mass is 117 g/mol. The predicted molar refractivity (Wildman–Crippen MR) is 25.2 cm³/mol. The van der Waals surface area contributed by atoms with Gasteiger partial charge in [0.2, 0.25) is 0 Å². The Morgan fingerprint density at radius 3 is 2.38 bits per heavy atom. The molecule has 0 radical (unpaired) electrons. The van der Waals surface area contributed by atoms with Crippen molar-refractivity contribution in [2.45, 2.75) is 18.7 Å². The van der Waals surface area contributed by atoms with Crippen molar-refractivity contribution < 1.29 is 15.0 Å². The van der Waals surface area contributed by atoms with Crippen molar-refractivity contribution in [3.05, 3.63) is 0 Å². The zero-order chi connectivity index (χ0) is 6.15. The van der Waals surface area contributed by atoms with Crippen molar-refractivity contribution in [1.29, 1.82) is 0 Å². The van der Waals surface area contributed by atoms with Crippen LogP contribution in [0.15, 0.2) is 0 Å². The fraction of sp³-hybridized carbons (Fsp3) is 0.750. The van der Waals surface area contributed by atoms with E-state index in [1.165, 1.54) is 0 Å². The van der Waals surface area contributed by atoms with Gasteiger partial charge in [-0.05, 0) is 0 Å². The normalized spacial score (nSPS) is 36.1. The number of aliphatic carboxylic acids is 1. The highest BCUT2D eigenvalue weighted by Crippen LogP contribution is 2.07. The first-order valence-electron chi connectivity index (χ1n) is 2.37. The Labute approximate surface area is 46.1 Å². The van der Waals surface area contributed by atoms with Gasteiger partial charge in [-0.25, -0.2) is 0 Å². The molecule has 0 saturated carbocycles. The number of hydrogen-bond donors (Lipinski definition) is 3. The Morgan fingerprint density at radius 1 is 1.75 bits per heavy atom. The maximum atomic E-state index is 9.95. The molecule has 0 aromatic carbocycles. The summed E-state index contributed by atoms with van der Waals surface area (Å²) in [6.45, 7) is 0. The van der Waals surface area contributed by atoms with Gasteiger partial charge in [0.05, 0.1) is 0 Å². The van der Waals surface area contributed by atoms with Crippen LogP contribution < -0.4 is 5.32 Å². The summed E-state index contributed by atoms with van der Waals surface area (Å²) in [5.74, 6) is -0.893. The first-order chi connectivity index (χ1) is 3.70. The molecule has 1 rings (SSSR count). The van der Waals surface area contributed by atoms with E-state index in [0.717, 1.165) is 0 Å². The average molecular weight is 117 g/mol. The van der Waals surface area contributed by atoms with Crippen LogP contribution in [0, 0.1) is 0 Å². The Bertz CT molecular complexity index is 108. The number of aliphatic hydroxyl groups excluding tert-OH is 1. The maximum Gasteiger partial charge on any atom is 0.320 e. The van der Waals surface area contributed by atoms with E-state index < -0.39 is 18.2 Å². The van der Waals surface area contributed by atoms with Crippen molar-refractivity contribution in [2.24, 2.45) is 0 Å². The lowest BCUT2D eigenvalue weighted by atomic mass is 10.1. The predicted octanol–water partition coefficient (Wildman–Crippen LogP) is -1.25. The largest absolute Gasteiger partial charge is 0.480 e. The molecule has 0 bridgehead atoms. The fourth-order valence-corrected chi connectivity index (χ4v) is 0.603. The molecule has 0 amide bonds. The second-order valence-electron chi connectivity index (χ2n) is 1.81. The van der Waals surface area contributed by atoms with Crippen molar-refractivity contribution in [3.8, 4) is 0 Å². The van der Waals surface area contributed by atoms with E-state index in [1.807, 2.05) is 0 Å². The molecule has 0 aromatic heterocycles. The van der Waals surface area contributed by atoms with Crippen LogP contribution in [-0.2, 0) is 4.79 Å². The molecule has 0 spiro atoms. The van der Waals surface area contributed by atoms with Gasteiger partial charge >= 0.3 is 5.97 Å². The second-order valence-corrected chi connectivity index (χ2v) is 1.81. The molecular weight excluding hydrogens is 110 g/mol. The molecule has 4 heteroatoms. The first kappa shape index (κ1) is 5.53. The zero-order valence-corrected chi connectivity index (χ0v) is 4.16. The molecule has 0 aliphatic carbocycles. The number of nitrogens with one attached hydrogen (secondary N) is 1. The van der Waals surface area contributed by atoms with Crippen molar-refractivity contribution in [1.82, 2.24) is 5.32 Å². The summed E-state index contributed by atoms with van der Waals surface area (Å²) in [6, 6.07) is -0.523. The lowest BCUT2D eigenvalue weighted by Crippen LogP contribution is -2.56. The Kier molecular flexibility index (Phi) is 1.19. The second kappa shape index (κ2) is 1.72. The van der Waals surface area contributed by atoms with Gasteiger partial charge in [-0.15, -0.1) is 0 Å². The summed E-state index contributed by atoms with van der Waals surface area (Å²) in [4.78, 5) is 9.95. The van der Waals surface area contributed by atoms with Gasteiger partial charge in [-0.1, -0.05) is 0 Å². The molecule has 1 heterocycles. The van der Waals surface area contributed by atoms with Gasteiger partial charge in [-0.3, -0.25) is 10.1 Å². The number of hydrogen-bond acceptors (Lipinski definition) is 3. The highest BCUT2D eigenvalue weighted by atomic mass is 16.4. The van der Waals surface area contributed by atoms with E-state index >= 15 is 0 Å². The number of aliphatic hydroxyl groups is 1. The third-order valence-electron chi connectivity index (χ3n) is 1.15. The third-order valence-corrected chi connectivity index (χ3v) is 1.15. The van der Waals surface area contributed by atoms with Gasteiger partial charge in [0, 0.05) is 6.42 Å². The standard InChI is InChI=1S/C4H7NO3/c6-3-1-2(5-3)4(7)8/h2-3,5-6H,1H2,(H,7,8)/t2-,3?/m0/s1. The van der Waals surface area contributed by atoms with Gasteiger partial charge in [0.1, 0.15) is 12.3 Å². The molecule has 3 N–H and O–H groups in total. The van der Waals surface area contributed by atoms with Crippen molar-refractivity contribution in [3.63, 3.8) is 0 Å². The third kappa shape index (κ3) is 0.801. The summed E-state index contributed by atoms with van der Waals surface area (Å²) in [5, 5.41) is 19.1. The van der Waals surface area contributed by atoms with Gasteiger partial charge < -0.3 is 10.2 Å². The van der Waals surface area contributed by atoms with Gasteiger partial charge in [0.15, 0.2) is 0 Å². The smallest absolute Gasteiger partial charge is 0.320 e. The average Bonchev–Trinajstić information content (AvgIpc) is 1.57. The Hall–Kier alpha value is -0.610. The lowest BCUT2D eigenvalue weighted by molar-refractivity contribution is -0.146. The van der Waals surface area contributed by atoms with Crippen LogP contribution in [-0.4, -0.2) is 28.5 Å². The van der Waals surface area contributed by atoms with Crippen LogP contribution >= 0.6 is 0 Å². The Balaban J connectivity index is 2.25. The van der Waals surface area contributed by atoms with E-state index in [1.54, 1.807) is 0 Å². The molecule has 1 saturated heterocycles. The fourth-order valence-electron chi connectivity index (χ4n) is 0.603. The zero-order valence-electron chi connectivity index (χ0n) is 4.16. The molecular formula is C4H7NO3. The molecule has 8 heavy (non-hydrogen) atoms. The molecule has 1 unspecified atom stereocenters. The summed E-state index contributed by atoms with van der Waals surface area (Å²) in [5.41, 5.74) is 0. The van der Waals surface area contributed by atoms with Crippen molar-refractivity contribution >= 4 is 5.97 Å². The van der Waals surface area contributed by atoms with Crippen LogP contribution in [0.2, 0.25) is 0 Å². The number of carboxylic acid groups (broad SMARTS) is 1. The summed E-state index contributed by atoms with van der Waals surface area (Å²) >= 11 is 0. The highest BCUT2D eigenvalue weighted by Gasteiger charge is 2.31. The molecule has 0 aromatic rings. The first-order valence-corrected chi connectivity index (χ1v) is 2.37. The van der Waals surface area contributed by atoms with E-state index in [0.29, 0.717) is 6.42 Å². The van der Waals surface area contributed by atoms with Crippen LogP contribution in [0.5, 0.6) is 0 Å². The summed E-state index contributed by atoms with van der Waals surface area (Å²) < 4.78 is 0. The highest BCUT2D eigenvalue weighted by molar-refractivity contribution is 5.74. The number of carboxylic acids is 1. The quantitative estimate of drug-likeness (QED) is 0.401. The topological polar surface area (TPSA) is 69.6 Å². The summed E-state index contributed by atoms with van der Waals surface area (Å²) in [7, 11) is 0. The van der Waals surface area contributed by atoms with E-state index in [9.17, 15) is 4.79 Å². The minimum absolute atomic E-state index is 0.329. The molecule has 1 aliphatic heterocycles. The van der Waals surface area contributed by atoms with Crippen molar-refractivity contribution in [2.75, 3.05) is 0 Å². The molecule has 2 atom stereocenters. The van der Waals surface area contributed by atoms with E-state index in [-0.39, 0.29) is 0 Å². The SMILES string of the molecule is O=C(O)[C@@H]1CC(O)N1. The van der Waals surface area contributed by atoms with Crippen LogP contribution in [0.4, 0.5) is 0 Å². The lowest BCUT2D eigenvalue weighted by Gasteiger charge is -2.29. The number of rotatable bonds is 1. The van der Waals surface area contributed by atoms with Crippen LogP contribution in [0.1, 0.15) is 6.42 Å². The molecule has 46 valence electrons. The van der Waals surface area contributed by atoms with Gasteiger partial charge in [-0.2, -0.15) is 0 Å². The van der Waals surface area contributed by atoms with Crippen LogP contribution in [0.3, 0.4) is 0 Å². The minimum atomic E-state index is -0.893. The summed E-state index contributed by atoms with van der Waals surface area (Å²) in [6.07, 6.45) is -0.272. The van der Waals surface area contributed by atoms with E-state index in [4.69, 9.17) is 10.2 Å². The van der Waals surface area contributed by atoms with Gasteiger partial charge in [0.25, 0.3) is 0 Å². The van der Waals surface area contributed by atoms with E-state index in [2.05, 4.69) is 5.32 Å². The maximum absolute atomic E-state index is 9.95. The number of carbonyl (C=O) groups is 1. The Morgan fingerprint density at radius 2 is 2.25 bits per heavy atom. The molecule has 1 aliphatic rings. The van der Waals surface area contributed by atoms with Crippen LogP contribution in [0.25, 0.3) is 0 Å². The molecule has 4 nitrogen and oxygen atoms in total. The molecule has 1 fully saturated rings.